The van der Waals surface area contributed by atoms with Crippen LogP contribution in [0.4, 0.5) is 11.4 Å². The lowest BCUT2D eigenvalue weighted by Gasteiger charge is -2.08. The molecule has 10 heteroatoms. The molecule has 0 aliphatic rings. The molecule has 0 aliphatic carbocycles. The number of nitrogens with zero attached hydrogens (tertiary/aromatic N) is 4. The largest absolute Gasteiger partial charge is 0.321 e. The van der Waals surface area contributed by atoms with Gasteiger partial charge in [0.25, 0.3) is 11.6 Å². The number of amides is 1. The van der Waals surface area contributed by atoms with Crippen LogP contribution in [0.3, 0.4) is 0 Å². The number of carbonyl (C=O) groups is 1. The van der Waals surface area contributed by atoms with Crippen LogP contribution in [-0.4, -0.2) is 25.8 Å². The summed E-state index contributed by atoms with van der Waals surface area (Å²) in [5.41, 5.74) is 3.15. The van der Waals surface area contributed by atoms with Crippen molar-refractivity contribution in [2.75, 3.05) is 5.32 Å². The number of anilines is 1. The highest BCUT2D eigenvalue weighted by Gasteiger charge is 2.18. The second-order valence-electron chi connectivity index (χ2n) is 7.46. The zero-order valence-corrected chi connectivity index (χ0v) is 19.1. The van der Waals surface area contributed by atoms with E-state index in [1.54, 1.807) is 12.1 Å². The van der Waals surface area contributed by atoms with Gasteiger partial charge in [-0.3, -0.25) is 14.9 Å². The predicted octanol–water partition coefficient (Wildman–Crippen LogP) is 6.23. The van der Waals surface area contributed by atoms with Gasteiger partial charge in [-0.25, -0.2) is 0 Å². The number of rotatable bonds is 7. The summed E-state index contributed by atoms with van der Waals surface area (Å²) in [7, 11) is 0. The van der Waals surface area contributed by atoms with Crippen LogP contribution >= 0.6 is 23.2 Å². The maximum absolute atomic E-state index is 12.7. The molecular weight excluding hydrogens is 465 g/mol. The molecule has 0 saturated heterocycles. The minimum atomic E-state index is -0.625. The molecule has 0 spiro atoms. The van der Waals surface area contributed by atoms with Crippen molar-refractivity contribution < 1.29 is 9.72 Å². The van der Waals surface area contributed by atoms with Crippen molar-refractivity contribution in [3.63, 3.8) is 0 Å². The average molecular weight is 484 g/mol. The Labute approximate surface area is 199 Å². The van der Waals surface area contributed by atoms with Crippen LogP contribution in [0.15, 0.2) is 54.6 Å². The molecule has 0 fully saturated rings. The molecule has 0 saturated carbocycles. The Morgan fingerprint density at radius 3 is 2.39 bits per heavy atom. The zero-order valence-electron chi connectivity index (χ0n) is 17.6. The van der Waals surface area contributed by atoms with Crippen LogP contribution < -0.4 is 5.32 Å². The van der Waals surface area contributed by atoms with Crippen LogP contribution in [0.25, 0.3) is 16.7 Å². The Balaban J connectivity index is 1.60. The molecule has 1 amide bonds. The fraction of sp³-hybridized carbons (Fsp3) is 0.174. The molecule has 0 atom stereocenters. The van der Waals surface area contributed by atoms with E-state index in [0.717, 1.165) is 31.0 Å². The van der Waals surface area contributed by atoms with Crippen LogP contribution in [0.2, 0.25) is 10.0 Å². The summed E-state index contributed by atoms with van der Waals surface area (Å²) in [4.78, 5) is 24.6. The maximum Gasteiger partial charge on any atom is 0.270 e. The predicted molar refractivity (Wildman–Crippen MR) is 129 cm³/mol. The lowest BCUT2D eigenvalue weighted by Crippen LogP contribution is -2.13. The number of non-ortho nitro benzene ring substituents is 1. The standard InChI is InChI=1S/C23H19Cl2N5O3/c1-2-3-4-14-5-7-15(8-6-14)29-27-21-12-19(25)20(13-22(21)28-29)26-23(31)17-11-16(30(32)33)9-10-18(17)24/h5-13H,2-4H2,1H3,(H,26,31). The number of aryl methyl sites for hydroxylation is 1. The molecule has 0 bridgehead atoms. The summed E-state index contributed by atoms with van der Waals surface area (Å²) in [6.07, 6.45) is 3.30. The fourth-order valence-corrected chi connectivity index (χ4v) is 3.73. The van der Waals surface area contributed by atoms with E-state index in [1.165, 1.54) is 22.5 Å². The van der Waals surface area contributed by atoms with E-state index in [2.05, 4.69) is 34.6 Å². The topological polar surface area (TPSA) is 103 Å². The summed E-state index contributed by atoms with van der Waals surface area (Å²) >= 11 is 12.4. The second kappa shape index (κ2) is 9.56. The van der Waals surface area contributed by atoms with Crippen molar-refractivity contribution in [1.82, 2.24) is 15.0 Å². The smallest absolute Gasteiger partial charge is 0.270 e. The number of carbonyl (C=O) groups excluding carboxylic acids is 1. The molecule has 1 heterocycles. The number of fused-ring (bicyclic) bond motifs is 1. The number of unbranched alkanes of at least 4 members (excludes halogenated alkanes) is 1. The van der Waals surface area contributed by atoms with Crippen molar-refractivity contribution in [2.24, 2.45) is 0 Å². The average Bonchev–Trinajstić information content (AvgIpc) is 3.21. The normalized spacial score (nSPS) is 11.0. The Kier molecular flexibility index (Phi) is 6.57. The van der Waals surface area contributed by atoms with Crippen LogP contribution in [0.1, 0.15) is 35.7 Å². The van der Waals surface area contributed by atoms with E-state index in [4.69, 9.17) is 23.2 Å². The van der Waals surface area contributed by atoms with Gasteiger partial charge in [-0.05, 0) is 48.7 Å². The number of nitro benzene ring substituents is 1. The summed E-state index contributed by atoms with van der Waals surface area (Å²) < 4.78 is 0. The SMILES string of the molecule is CCCCc1ccc(-n2nc3cc(Cl)c(NC(=O)c4cc([N+](=O)[O-])ccc4Cl)cc3n2)cc1. The molecule has 4 rings (SSSR count). The summed E-state index contributed by atoms with van der Waals surface area (Å²) in [5, 5.41) is 23.0. The maximum atomic E-state index is 12.7. The molecule has 168 valence electrons. The third-order valence-electron chi connectivity index (χ3n) is 5.11. The molecule has 33 heavy (non-hydrogen) atoms. The van der Waals surface area contributed by atoms with Gasteiger partial charge in [-0.15, -0.1) is 10.2 Å². The van der Waals surface area contributed by atoms with E-state index in [9.17, 15) is 14.9 Å². The van der Waals surface area contributed by atoms with Gasteiger partial charge in [-0.1, -0.05) is 48.7 Å². The molecule has 3 aromatic carbocycles. The van der Waals surface area contributed by atoms with Gasteiger partial charge >= 0.3 is 0 Å². The minimum Gasteiger partial charge on any atom is -0.321 e. The number of aromatic nitrogens is 3. The number of nitrogens with one attached hydrogen (secondary N) is 1. The second-order valence-corrected chi connectivity index (χ2v) is 8.27. The Bertz CT molecular complexity index is 1350. The third-order valence-corrected chi connectivity index (χ3v) is 5.75. The minimum absolute atomic E-state index is 0.0335. The summed E-state index contributed by atoms with van der Waals surface area (Å²) in [5.74, 6) is -0.625. The number of hydrogen-bond acceptors (Lipinski definition) is 5. The number of nitro groups is 1. The highest BCUT2D eigenvalue weighted by atomic mass is 35.5. The Hall–Kier alpha value is -3.49. The van der Waals surface area contributed by atoms with Gasteiger partial charge in [0.15, 0.2) is 0 Å². The lowest BCUT2D eigenvalue weighted by molar-refractivity contribution is -0.384. The van der Waals surface area contributed by atoms with Crippen molar-refractivity contribution in [1.29, 1.82) is 0 Å². The third kappa shape index (κ3) is 4.97. The molecule has 4 aromatic rings. The van der Waals surface area contributed by atoms with Crippen molar-refractivity contribution in [3.05, 3.63) is 85.9 Å². The van der Waals surface area contributed by atoms with Gasteiger partial charge in [0, 0.05) is 12.1 Å². The highest BCUT2D eigenvalue weighted by molar-refractivity contribution is 6.36. The number of benzene rings is 3. The van der Waals surface area contributed by atoms with E-state index < -0.39 is 10.8 Å². The van der Waals surface area contributed by atoms with Crippen molar-refractivity contribution >= 4 is 51.5 Å². The van der Waals surface area contributed by atoms with Crippen LogP contribution in [0, 0.1) is 10.1 Å². The lowest BCUT2D eigenvalue weighted by atomic mass is 10.1. The first-order valence-electron chi connectivity index (χ1n) is 10.3. The highest BCUT2D eigenvalue weighted by Crippen LogP contribution is 2.29. The van der Waals surface area contributed by atoms with Gasteiger partial charge in [0.2, 0.25) is 0 Å². The Morgan fingerprint density at radius 2 is 1.73 bits per heavy atom. The quantitative estimate of drug-likeness (QED) is 0.247. The van der Waals surface area contributed by atoms with Gasteiger partial charge < -0.3 is 5.32 Å². The molecular formula is C23H19Cl2N5O3. The first-order chi connectivity index (χ1) is 15.9. The Morgan fingerprint density at radius 1 is 1.03 bits per heavy atom. The molecule has 0 unspecified atom stereocenters. The number of hydrogen-bond donors (Lipinski definition) is 1. The van der Waals surface area contributed by atoms with Gasteiger partial charge in [0.1, 0.15) is 11.0 Å². The molecule has 1 aromatic heterocycles. The first kappa shape index (κ1) is 22.7. The molecule has 1 N–H and O–H groups in total. The fourth-order valence-electron chi connectivity index (χ4n) is 3.32. The van der Waals surface area contributed by atoms with E-state index >= 15 is 0 Å². The van der Waals surface area contributed by atoms with Crippen molar-refractivity contribution in [3.8, 4) is 5.69 Å². The zero-order chi connectivity index (χ0) is 23.5. The molecule has 0 aliphatic heterocycles. The monoisotopic (exact) mass is 483 g/mol. The van der Waals surface area contributed by atoms with E-state index in [1.807, 2.05) is 12.1 Å². The van der Waals surface area contributed by atoms with Crippen LogP contribution in [0.5, 0.6) is 0 Å². The van der Waals surface area contributed by atoms with Gasteiger partial charge in [0.05, 0.1) is 31.9 Å². The van der Waals surface area contributed by atoms with Crippen LogP contribution in [-0.2, 0) is 6.42 Å². The first-order valence-corrected chi connectivity index (χ1v) is 11.0. The summed E-state index contributed by atoms with van der Waals surface area (Å²) in [6.45, 7) is 2.16. The molecule has 8 nitrogen and oxygen atoms in total. The van der Waals surface area contributed by atoms with Crippen molar-refractivity contribution in [2.45, 2.75) is 26.2 Å². The van der Waals surface area contributed by atoms with Gasteiger partial charge in [-0.2, -0.15) is 4.80 Å². The molecule has 0 radical (unpaired) electrons. The van der Waals surface area contributed by atoms with E-state index in [-0.39, 0.29) is 21.3 Å². The van der Waals surface area contributed by atoms with E-state index in [0.29, 0.717) is 16.7 Å². The summed E-state index contributed by atoms with van der Waals surface area (Å²) in [6, 6.07) is 14.9. The number of halogens is 2.